The minimum atomic E-state index is 0.264. The first-order valence-electron chi connectivity index (χ1n) is 8.12. The van der Waals surface area contributed by atoms with Crippen LogP contribution in [0.3, 0.4) is 0 Å². The molecule has 0 spiro atoms. The number of aromatic nitrogens is 2. The third-order valence-corrected chi connectivity index (χ3v) is 4.26. The average Bonchev–Trinajstić information content (AvgIpc) is 2.88. The molecule has 4 nitrogen and oxygen atoms in total. The van der Waals surface area contributed by atoms with Gasteiger partial charge in [-0.3, -0.25) is 4.68 Å². The largest absolute Gasteiger partial charge is 0.383 e. The topological polar surface area (TPSA) is 39.1 Å². The summed E-state index contributed by atoms with van der Waals surface area (Å²) in [5, 5.41) is 8.24. The summed E-state index contributed by atoms with van der Waals surface area (Å²) in [7, 11) is 1.74. The highest BCUT2D eigenvalue weighted by Gasteiger charge is 2.25. The van der Waals surface area contributed by atoms with E-state index in [1.807, 2.05) is 0 Å². The van der Waals surface area contributed by atoms with Gasteiger partial charge < -0.3 is 10.1 Å². The van der Waals surface area contributed by atoms with E-state index >= 15 is 0 Å². The second kappa shape index (κ2) is 8.54. The van der Waals surface area contributed by atoms with Gasteiger partial charge in [0.1, 0.15) is 0 Å². The van der Waals surface area contributed by atoms with Crippen molar-refractivity contribution in [1.29, 1.82) is 0 Å². The highest BCUT2D eigenvalue weighted by atomic mass is 16.5. The number of ether oxygens (including phenoxy) is 1. The van der Waals surface area contributed by atoms with Crippen LogP contribution in [0.15, 0.2) is 12.3 Å². The Morgan fingerprint density at radius 3 is 2.67 bits per heavy atom. The van der Waals surface area contributed by atoms with Crippen LogP contribution in [0.2, 0.25) is 0 Å². The lowest BCUT2D eigenvalue weighted by Gasteiger charge is -2.30. The van der Waals surface area contributed by atoms with E-state index in [9.17, 15) is 0 Å². The number of hydrogen-bond donors (Lipinski definition) is 1. The van der Waals surface area contributed by atoms with E-state index in [1.54, 1.807) is 7.11 Å². The first kappa shape index (κ1) is 18.2. The summed E-state index contributed by atoms with van der Waals surface area (Å²) in [6, 6.07) is 2.65. The SMILES string of the molecule is CCC(C)n1ccc(CC(CNCCOC)C(C)(C)C)n1. The number of nitrogens with zero attached hydrogens (tertiary/aromatic N) is 2. The summed E-state index contributed by atoms with van der Waals surface area (Å²) >= 11 is 0. The number of methoxy groups -OCH3 is 1. The van der Waals surface area contributed by atoms with Gasteiger partial charge in [-0.25, -0.2) is 0 Å². The van der Waals surface area contributed by atoms with E-state index in [0.717, 1.165) is 32.5 Å². The predicted molar refractivity (Wildman–Crippen MR) is 88.6 cm³/mol. The second-order valence-electron chi connectivity index (χ2n) is 7.01. The molecule has 0 aliphatic heterocycles. The lowest BCUT2D eigenvalue weighted by molar-refractivity contribution is 0.186. The zero-order chi connectivity index (χ0) is 15.9. The molecular formula is C17H33N3O. The smallest absolute Gasteiger partial charge is 0.0628 e. The summed E-state index contributed by atoms with van der Waals surface area (Å²) < 4.78 is 7.18. The van der Waals surface area contributed by atoms with Gasteiger partial charge in [-0.1, -0.05) is 27.7 Å². The average molecular weight is 295 g/mol. The van der Waals surface area contributed by atoms with Crippen LogP contribution in [0.1, 0.15) is 52.8 Å². The zero-order valence-electron chi connectivity index (χ0n) is 14.6. The summed E-state index contributed by atoms with van der Waals surface area (Å²) in [4.78, 5) is 0. The van der Waals surface area contributed by atoms with Crippen LogP contribution in [-0.4, -0.2) is 36.6 Å². The van der Waals surface area contributed by atoms with Gasteiger partial charge in [-0.05, 0) is 43.7 Å². The van der Waals surface area contributed by atoms with Crippen LogP contribution in [-0.2, 0) is 11.2 Å². The van der Waals surface area contributed by atoms with Crippen LogP contribution in [0, 0.1) is 11.3 Å². The highest BCUT2D eigenvalue weighted by molar-refractivity contribution is 5.02. The summed E-state index contributed by atoms with van der Waals surface area (Å²) in [6.45, 7) is 14.0. The van der Waals surface area contributed by atoms with E-state index in [2.05, 4.69) is 56.9 Å². The molecule has 1 rings (SSSR count). The maximum Gasteiger partial charge on any atom is 0.0628 e. The van der Waals surface area contributed by atoms with Gasteiger partial charge in [0.25, 0.3) is 0 Å². The van der Waals surface area contributed by atoms with Gasteiger partial charge in [-0.15, -0.1) is 0 Å². The molecule has 1 aromatic heterocycles. The molecule has 0 saturated carbocycles. The molecule has 0 aliphatic rings. The standard InChI is InChI=1S/C17H33N3O/c1-7-14(2)20-10-8-16(19-20)12-15(17(3,4)5)13-18-9-11-21-6/h8,10,14-15,18H,7,9,11-13H2,1-6H3. The third-order valence-electron chi connectivity index (χ3n) is 4.26. The molecular weight excluding hydrogens is 262 g/mol. The quantitative estimate of drug-likeness (QED) is 0.711. The van der Waals surface area contributed by atoms with Gasteiger partial charge in [-0.2, -0.15) is 5.10 Å². The Hall–Kier alpha value is -0.870. The minimum Gasteiger partial charge on any atom is -0.383 e. The molecule has 4 heteroatoms. The Morgan fingerprint density at radius 1 is 1.38 bits per heavy atom. The lowest BCUT2D eigenvalue weighted by atomic mass is 9.78. The predicted octanol–water partition coefficient (Wildman–Crippen LogP) is 3.29. The zero-order valence-corrected chi connectivity index (χ0v) is 14.6. The van der Waals surface area contributed by atoms with Crippen LogP contribution in [0.25, 0.3) is 0 Å². The fourth-order valence-corrected chi connectivity index (χ4v) is 2.31. The molecule has 0 saturated heterocycles. The maximum absolute atomic E-state index is 5.09. The van der Waals surface area contributed by atoms with Crippen molar-refractivity contribution in [2.75, 3.05) is 26.8 Å². The van der Waals surface area contributed by atoms with Crippen molar-refractivity contribution in [3.63, 3.8) is 0 Å². The molecule has 1 aromatic rings. The van der Waals surface area contributed by atoms with Gasteiger partial charge >= 0.3 is 0 Å². The van der Waals surface area contributed by atoms with E-state index < -0.39 is 0 Å². The molecule has 1 N–H and O–H groups in total. The molecule has 2 atom stereocenters. The van der Waals surface area contributed by atoms with Crippen molar-refractivity contribution in [3.8, 4) is 0 Å². The Labute approximate surface area is 130 Å². The monoisotopic (exact) mass is 295 g/mol. The first-order chi connectivity index (χ1) is 9.88. The summed E-state index contributed by atoms with van der Waals surface area (Å²) in [6.07, 6.45) is 4.25. The van der Waals surface area contributed by atoms with Gasteiger partial charge in [0.2, 0.25) is 0 Å². The molecule has 122 valence electrons. The summed E-state index contributed by atoms with van der Waals surface area (Å²) in [5.74, 6) is 0.564. The Balaban J connectivity index is 2.61. The molecule has 21 heavy (non-hydrogen) atoms. The van der Waals surface area contributed by atoms with E-state index in [-0.39, 0.29) is 5.41 Å². The molecule has 0 bridgehead atoms. The van der Waals surface area contributed by atoms with Crippen molar-refractivity contribution in [3.05, 3.63) is 18.0 Å². The highest BCUT2D eigenvalue weighted by Crippen LogP contribution is 2.28. The summed E-state index contributed by atoms with van der Waals surface area (Å²) in [5.41, 5.74) is 1.46. The van der Waals surface area contributed by atoms with Crippen molar-refractivity contribution in [2.45, 2.75) is 53.5 Å². The maximum atomic E-state index is 5.09. The lowest BCUT2D eigenvalue weighted by Crippen LogP contribution is -2.35. The van der Waals surface area contributed by atoms with Gasteiger partial charge in [0.05, 0.1) is 12.3 Å². The third kappa shape index (κ3) is 6.18. The van der Waals surface area contributed by atoms with Crippen molar-refractivity contribution in [1.82, 2.24) is 15.1 Å². The normalized spacial score (nSPS) is 15.1. The second-order valence-corrected chi connectivity index (χ2v) is 7.01. The number of rotatable bonds is 9. The van der Waals surface area contributed by atoms with Crippen LogP contribution >= 0.6 is 0 Å². The molecule has 0 fully saturated rings. The molecule has 0 amide bonds. The Kier molecular flexibility index (Phi) is 7.40. The van der Waals surface area contributed by atoms with E-state index in [0.29, 0.717) is 12.0 Å². The Bertz CT molecular complexity index is 395. The molecule has 0 aliphatic carbocycles. The van der Waals surface area contributed by atoms with Crippen LogP contribution in [0.5, 0.6) is 0 Å². The first-order valence-corrected chi connectivity index (χ1v) is 8.12. The van der Waals surface area contributed by atoms with Crippen molar-refractivity contribution < 1.29 is 4.74 Å². The number of nitrogens with one attached hydrogen (secondary N) is 1. The Morgan fingerprint density at radius 2 is 2.10 bits per heavy atom. The molecule has 0 aromatic carbocycles. The van der Waals surface area contributed by atoms with Crippen LogP contribution in [0.4, 0.5) is 0 Å². The molecule has 0 radical (unpaired) electrons. The van der Waals surface area contributed by atoms with Crippen molar-refractivity contribution >= 4 is 0 Å². The van der Waals surface area contributed by atoms with Crippen molar-refractivity contribution in [2.24, 2.45) is 11.3 Å². The van der Waals surface area contributed by atoms with Crippen LogP contribution < -0.4 is 5.32 Å². The fraction of sp³-hybridized carbons (Fsp3) is 0.824. The minimum absolute atomic E-state index is 0.264. The fourth-order valence-electron chi connectivity index (χ4n) is 2.31. The molecule has 2 unspecified atom stereocenters. The van der Waals surface area contributed by atoms with Gasteiger partial charge in [0.15, 0.2) is 0 Å². The molecule has 1 heterocycles. The van der Waals surface area contributed by atoms with E-state index in [1.165, 1.54) is 5.69 Å². The van der Waals surface area contributed by atoms with E-state index in [4.69, 9.17) is 9.84 Å². The number of hydrogen-bond acceptors (Lipinski definition) is 3. The van der Waals surface area contributed by atoms with Gasteiger partial charge in [0, 0.05) is 25.9 Å².